The number of nitrogens with zero attached hydrogens (tertiary/aromatic N) is 4. The number of likely N-dealkylation sites (tertiary alicyclic amines) is 2. The van der Waals surface area contributed by atoms with E-state index in [0.29, 0.717) is 18.8 Å². The smallest absolute Gasteiger partial charge is 0.228 e. The van der Waals surface area contributed by atoms with Gasteiger partial charge in [0.05, 0.1) is 34.2 Å². The summed E-state index contributed by atoms with van der Waals surface area (Å²) in [5, 5.41) is 6.09. The summed E-state index contributed by atoms with van der Waals surface area (Å²) >= 11 is 3.24. The second-order valence-corrected chi connectivity index (χ2v) is 10.1. The van der Waals surface area contributed by atoms with E-state index in [1.165, 1.54) is 6.42 Å². The summed E-state index contributed by atoms with van der Waals surface area (Å²) in [6.45, 7) is 5.36. The molecule has 0 aromatic carbocycles. The Bertz CT molecular complexity index is 856. The molecule has 1 unspecified atom stereocenters. The number of hydrogen-bond acceptors (Lipinski definition) is 6. The monoisotopic (exact) mass is 432 g/mol. The Balaban J connectivity index is 1.25. The molecule has 0 aliphatic carbocycles. The molecule has 156 valence electrons. The van der Waals surface area contributed by atoms with Crippen LogP contribution in [0.5, 0.6) is 0 Å². The molecule has 29 heavy (non-hydrogen) atoms. The normalized spacial score (nSPS) is 19.7. The Morgan fingerprint density at radius 2 is 1.66 bits per heavy atom. The van der Waals surface area contributed by atoms with Gasteiger partial charge < -0.3 is 9.80 Å². The van der Waals surface area contributed by atoms with Gasteiger partial charge in [-0.15, -0.1) is 22.7 Å². The van der Waals surface area contributed by atoms with Crippen LogP contribution in [0.15, 0.2) is 10.8 Å². The molecule has 2 aromatic heterocycles. The van der Waals surface area contributed by atoms with Crippen molar-refractivity contribution in [2.75, 3.05) is 26.2 Å². The third kappa shape index (κ3) is 5.42. The highest BCUT2D eigenvalue weighted by molar-refractivity contribution is 7.09. The average Bonchev–Trinajstić information content (AvgIpc) is 3.45. The first-order valence-electron chi connectivity index (χ1n) is 10.5. The van der Waals surface area contributed by atoms with Crippen LogP contribution in [0.1, 0.15) is 47.1 Å². The fraction of sp³-hybridized carbons (Fsp3) is 0.619. The molecule has 4 heterocycles. The molecule has 8 heteroatoms. The van der Waals surface area contributed by atoms with Gasteiger partial charge in [-0.2, -0.15) is 0 Å². The number of piperidine rings is 1. The number of hydrogen-bond donors (Lipinski definition) is 0. The van der Waals surface area contributed by atoms with Gasteiger partial charge in [-0.3, -0.25) is 9.59 Å². The predicted molar refractivity (Wildman–Crippen MR) is 115 cm³/mol. The lowest BCUT2D eigenvalue weighted by Gasteiger charge is -2.26. The first-order valence-corrected chi connectivity index (χ1v) is 12.2. The summed E-state index contributed by atoms with van der Waals surface area (Å²) in [5.41, 5.74) is 1.77. The number of carbonyl (C=O) groups is 2. The molecule has 2 amide bonds. The van der Waals surface area contributed by atoms with E-state index in [0.717, 1.165) is 73.3 Å². The number of aromatic nitrogens is 2. The number of rotatable bonds is 6. The van der Waals surface area contributed by atoms with E-state index < -0.39 is 0 Å². The van der Waals surface area contributed by atoms with Gasteiger partial charge in [0.2, 0.25) is 11.8 Å². The minimum absolute atomic E-state index is 0.171. The molecular weight excluding hydrogens is 404 g/mol. The van der Waals surface area contributed by atoms with Crippen LogP contribution in [-0.2, 0) is 28.9 Å². The van der Waals surface area contributed by atoms with Crippen molar-refractivity contribution in [3.63, 3.8) is 0 Å². The van der Waals surface area contributed by atoms with Crippen molar-refractivity contribution in [1.29, 1.82) is 0 Å². The summed E-state index contributed by atoms with van der Waals surface area (Å²) in [6, 6.07) is 0. The van der Waals surface area contributed by atoms with E-state index >= 15 is 0 Å². The molecule has 2 aromatic rings. The maximum absolute atomic E-state index is 12.5. The summed E-state index contributed by atoms with van der Waals surface area (Å²) < 4.78 is 0. The molecule has 2 saturated heterocycles. The molecule has 1 atom stereocenters. The molecule has 2 aliphatic heterocycles. The molecule has 0 saturated carbocycles. The van der Waals surface area contributed by atoms with Crippen LogP contribution < -0.4 is 0 Å². The van der Waals surface area contributed by atoms with E-state index in [-0.39, 0.29) is 11.8 Å². The molecule has 2 fully saturated rings. The summed E-state index contributed by atoms with van der Waals surface area (Å²) in [5.74, 6) is 0.828. The van der Waals surface area contributed by atoms with Crippen molar-refractivity contribution in [3.8, 4) is 0 Å². The minimum atomic E-state index is 0.171. The van der Waals surface area contributed by atoms with Gasteiger partial charge in [0.1, 0.15) is 0 Å². The van der Waals surface area contributed by atoms with E-state index in [1.54, 1.807) is 22.7 Å². The first kappa shape index (κ1) is 20.5. The average molecular weight is 433 g/mol. The fourth-order valence-corrected chi connectivity index (χ4v) is 5.69. The zero-order chi connectivity index (χ0) is 20.2. The topological polar surface area (TPSA) is 66.4 Å². The SMILES string of the molecule is Cc1nc(CC(=O)N2CCC(Cc3nc(CC(=O)N4CCCCC4)cs3)C2)cs1. The molecule has 0 N–H and O–H groups in total. The van der Waals surface area contributed by atoms with E-state index in [4.69, 9.17) is 4.98 Å². The van der Waals surface area contributed by atoms with Crippen LogP contribution in [0.3, 0.4) is 0 Å². The van der Waals surface area contributed by atoms with Crippen LogP contribution in [0.25, 0.3) is 0 Å². The Morgan fingerprint density at radius 1 is 0.966 bits per heavy atom. The highest BCUT2D eigenvalue weighted by Gasteiger charge is 2.27. The van der Waals surface area contributed by atoms with Gasteiger partial charge >= 0.3 is 0 Å². The molecule has 0 radical (unpaired) electrons. The number of amides is 2. The van der Waals surface area contributed by atoms with E-state index in [2.05, 4.69) is 4.98 Å². The van der Waals surface area contributed by atoms with Crippen molar-refractivity contribution in [1.82, 2.24) is 19.8 Å². The highest BCUT2D eigenvalue weighted by atomic mass is 32.1. The lowest BCUT2D eigenvalue weighted by Crippen LogP contribution is -2.36. The molecule has 6 nitrogen and oxygen atoms in total. The Morgan fingerprint density at radius 3 is 2.38 bits per heavy atom. The van der Waals surface area contributed by atoms with Crippen LogP contribution >= 0.6 is 22.7 Å². The Labute approximate surface area is 180 Å². The maximum Gasteiger partial charge on any atom is 0.228 e. The van der Waals surface area contributed by atoms with Crippen LogP contribution in [-0.4, -0.2) is 57.8 Å². The number of thiazole rings is 2. The van der Waals surface area contributed by atoms with E-state index in [1.807, 2.05) is 27.5 Å². The summed E-state index contributed by atoms with van der Waals surface area (Å²) in [7, 11) is 0. The molecular formula is C21H28N4O2S2. The lowest BCUT2D eigenvalue weighted by atomic mass is 10.1. The van der Waals surface area contributed by atoms with Crippen LogP contribution in [0, 0.1) is 12.8 Å². The van der Waals surface area contributed by atoms with Gasteiger partial charge in [0, 0.05) is 43.4 Å². The van der Waals surface area contributed by atoms with Gasteiger partial charge in [0.15, 0.2) is 0 Å². The largest absolute Gasteiger partial charge is 0.342 e. The third-order valence-electron chi connectivity index (χ3n) is 5.74. The maximum atomic E-state index is 12.5. The second-order valence-electron chi connectivity index (χ2n) is 8.08. The van der Waals surface area contributed by atoms with E-state index in [9.17, 15) is 9.59 Å². The first-order chi connectivity index (χ1) is 14.1. The van der Waals surface area contributed by atoms with Gasteiger partial charge in [0.25, 0.3) is 0 Å². The van der Waals surface area contributed by atoms with Crippen molar-refractivity contribution < 1.29 is 9.59 Å². The summed E-state index contributed by atoms with van der Waals surface area (Å²) in [4.78, 5) is 38.0. The Kier molecular flexibility index (Phi) is 6.60. The quantitative estimate of drug-likeness (QED) is 0.704. The van der Waals surface area contributed by atoms with Gasteiger partial charge in [-0.25, -0.2) is 9.97 Å². The van der Waals surface area contributed by atoms with Crippen molar-refractivity contribution in [2.45, 2.75) is 51.9 Å². The standard InChI is InChI=1S/C21H28N4O2S2/c1-15-22-17(13-28-15)10-21(27)25-8-5-16(12-25)9-19-23-18(14-29-19)11-20(26)24-6-3-2-4-7-24/h13-14,16H,2-12H2,1H3. The van der Waals surface area contributed by atoms with Crippen LogP contribution in [0.2, 0.25) is 0 Å². The molecule has 4 rings (SSSR count). The molecule has 2 aliphatic rings. The van der Waals surface area contributed by atoms with Crippen molar-refractivity contribution >= 4 is 34.5 Å². The van der Waals surface area contributed by atoms with Crippen molar-refractivity contribution in [2.24, 2.45) is 5.92 Å². The lowest BCUT2D eigenvalue weighted by molar-refractivity contribution is -0.131. The molecule has 0 spiro atoms. The number of aryl methyl sites for hydroxylation is 1. The molecule has 0 bridgehead atoms. The van der Waals surface area contributed by atoms with Crippen molar-refractivity contribution in [3.05, 3.63) is 32.2 Å². The predicted octanol–water partition coefficient (Wildman–Crippen LogP) is 3.10. The second kappa shape index (κ2) is 9.34. The number of carbonyl (C=O) groups excluding carboxylic acids is 2. The Hall–Kier alpha value is -1.80. The van der Waals surface area contributed by atoms with Gasteiger partial charge in [-0.1, -0.05) is 0 Å². The van der Waals surface area contributed by atoms with Crippen LogP contribution in [0.4, 0.5) is 0 Å². The zero-order valence-electron chi connectivity index (χ0n) is 16.9. The zero-order valence-corrected chi connectivity index (χ0v) is 18.6. The minimum Gasteiger partial charge on any atom is -0.342 e. The highest BCUT2D eigenvalue weighted by Crippen LogP contribution is 2.24. The van der Waals surface area contributed by atoms with Gasteiger partial charge in [-0.05, 0) is 38.5 Å². The summed E-state index contributed by atoms with van der Waals surface area (Å²) in [6.07, 6.45) is 6.19. The fourth-order valence-electron chi connectivity index (χ4n) is 4.16. The third-order valence-corrected chi connectivity index (χ3v) is 7.48.